The SMILES string of the molecule is O=C(Nc1ccn([C@H]2C[C@@H](OC(=O)c3ccccc3)[C@@H](CO)S2)c(=O)n1)c1ccccc1. The van der Waals surface area contributed by atoms with Crippen molar-refractivity contribution in [3.05, 3.63) is 94.5 Å². The van der Waals surface area contributed by atoms with Crippen molar-refractivity contribution in [1.29, 1.82) is 0 Å². The fourth-order valence-electron chi connectivity index (χ4n) is 3.42. The number of ether oxygens (including phenoxy) is 1. The van der Waals surface area contributed by atoms with Gasteiger partial charge in [-0.15, -0.1) is 11.8 Å². The van der Waals surface area contributed by atoms with E-state index < -0.39 is 17.8 Å². The Balaban J connectivity index is 1.45. The summed E-state index contributed by atoms with van der Waals surface area (Å²) in [6.45, 7) is -0.193. The first-order valence-electron chi connectivity index (χ1n) is 10.0. The largest absolute Gasteiger partial charge is 0.457 e. The maximum atomic E-state index is 12.6. The van der Waals surface area contributed by atoms with Gasteiger partial charge in [0.05, 0.1) is 22.8 Å². The number of aliphatic hydroxyl groups is 1. The Morgan fingerprint density at radius 1 is 1.06 bits per heavy atom. The molecule has 0 unspecified atom stereocenters. The van der Waals surface area contributed by atoms with Crippen LogP contribution in [0.15, 0.2) is 77.7 Å². The van der Waals surface area contributed by atoms with Crippen molar-refractivity contribution < 1.29 is 19.4 Å². The highest BCUT2D eigenvalue weighted by Gasteiger charge is 2.38. The molecule has 9 heteroatoms. The standard InChI is InChI=1S/C23H21N3O5S/c27-14-18-17(31-22(29)16-9-5-2-6-10-16)13-20(32-18)26-12-11-19(25-23(26)30)24-21(28)15-7-3-1-4-8-15/h1-12,17-18,20,27H,13-14H2,(H,24,25,28,30)/t17-,18-,20-/m1/s1. The number of nitrogens with one attached hydrogen (secondary N) is 1. The van der Waals surface area contributed by atoms with Gasteiger partial charge in [-0.25, -0.2) is 9.59 Å². The van der Waals surface area contributed by atoms with Gasteiger partial charge in [0, 0.05) is 18.2 Å². The minimum Gasteiger partial charge on any atom is -0.457 e. The summed E-state index contributed by atoms with van der Waals surface area (Å²) in [5.41, 5.74) is 0.341. The number of nitrogens with zero attached hydrogens (tertiary/aromatic N) is 2. The predicted molar refractivity (Wildman–Crippen MR) is 121 cm³/mol. The molecule has 164 valence electrons. The van der Waals surface area contributed by atoms with Crippen molar-refractivity contribution in [2.24, 2.45) is 0 Å². The van der Waals surface area contributed by atoms with Crippen LogP contribution in [0.5, 0.6) is 0 Å². The van der Waals surface area contributed by atoms with Gasteiger partial charge < -0.3 is 15.2 Å². The summed E-state index contributed by atoms with van der Waals surface area (Å²) >= 11 is 1.35. The molecule has 2 N–H and O–H groups in total. The number of hydrogen-bond acceptors (Lipinski definition) is 7. The zero-order valence-electron chi connectivity index (χ0n) is 17.0. The van der Waals surface area contributed by atoms with Crippen LogP contribution in [-0.2, 0) is 4.74 Å². The number of hydrogen-bond donors (Lipinski definition) is 2. The van der Waals surface area contributed by atoms with E-state index in [2.05, 4.69) is 10.3 Å². The minimum absolute atomic E-state index is 0.147. The number of benzene rings is 2. The van der Waals surface area contributed by atoms with E-state index in [-0.39, 0.29) is 29.0 Å². The zero-order valence-corrected chi connectivity index (χ0v) is 17.8. The average molecular weight is 452 g/mol. The van der Waals surface area contributed by atoms with E-state index in [9.17, 15) is 19.5 Å². The van der Waals surface area contributed by atoms with Crippen molar-refractivity contribution >= 4 is 29.5 Å². The lowest BCUT2D eigenvalue weighted by atomic mass is 10.1. The van der Waals surface area contributed by atoms with Crippen molar-refractivity contribution in [3.8, 4) is 0 Å². The van der Waals surface area contributed by atoms with E-state index in [1.54, 1.807) is 72.9 Å². The molecule has 0 saturated carbocycles. The first kappa shape index (κ1) is 21.8. The second-order valence-electron chi connectivity index (χ2n) is 7.18. The molecular formula is C23H21N3O5S. The van der Waals surface area contributed by atoms with Crippen LogP contribution in [0.1, 0.15) is 32.5 Å². The molecule has 2 heterocycles. The van der Waals surface area contributed by atoms with Gasteiger partial charge in [-0.3, -0.25) is 9.36 Å². The maximum absolute atomic E-state index is 12.6. The molecule has 1 fully saturated rings. The maximum Gasteiger partial charge on any atom is 0.350 e. The number of carbonyl (C=O) groups excluding carboxylic acids is 2. The second kappa shape index (κ2) is 9.80. The molecule has 0 aliphatic carbocycles. The molecule has 4 rings (SSSR count). The van der Waals surface area contributed by atoms with Gasteiger partial charge in [-0.2, -0.15) is 4.98 Å². The third-order valence-electron chi connectivity index (χ3n) is 5.05. The van der Waals surface area contributed by atoms with E-state index in [0.29, 0.717) is 17.5 Å². The third kappa shape index (κ3) is 4.90. The summed E-state index contributed by atoms with van der Waals surface area (Å²) in [6, 6.07) is 18.8. The predicted octanol–water partition coefficient (Wildman–Crippen LogP) is 2.72. The number of rotatable bonds is 6. The quantitative estimate of drug-likeness (QED) is 0.555. The van der Waals surface area contributed by atoms with Gasteiger partial charge >= 0.3 is 11.7 Å². The summed E-state index contributed by atoms with van der Waals surface area (Å²) in [4.78, 5) is 41.2. The first-order chi connectivity index (χ1) is 15.5. The van der Waals surface area contributed by atoms with Crippen LogP contribution < -0.4 is 11.0 Å². The molecule has 3 atom stereocenters. The summed E-state index contributed by atoms with van der Waals surface area (Å²) < 4.78 is 7.02. The number of thioether (sulfide) groups is 1. The molecule has 1 aliphatic rings. The van der Waals surface area contributed by atoms with Crippen LogP contribution in [0.3, 0.4) is 0 Å². The second-order valence-corrected chi connectivity index (χ2v) is 8.60. The molecule has 1 saturated heterocycles. The molecule has 8 nitrogen and oxygen atoms in total. The number of anilines is 1. The third-order valence-corrected chi connectivity index (χ3v) is 6.58. The Hall–Kier alpha value is -3.43. The first-order valence-corrected chi connectivity index (χ1v) is 11.0. The highest BCUT2D eigenvalue weighted by molar-refractivity contribution is 8.00. The lowest BCUT2D eigenvalue weighted by molar-refractivity contribution is 0.0254. The number of amides is 1. The Labute approximate surface area is 188 Å². The summed E-state index contributed by atoms with van der Waals surface area (Å²) in [5.74, 6) is -0.688. The molecule has 0 radical (unpaired) electrons. The van der Waals surface area contributed by atoms with Crippen LogP contribution in [0.4, 0.5) is 5.82 Å². The van der Waals surface area contributed by atoms with E-state index in [0.717, 1.165) is 0 Å². The minimum atomic E-state index is -0.549. The van der Waals surface area contributed by atoms with Gasteiger partial charge in [0.15, 0.2) is 0 Å². The lowest BCUT2D eigenvalue weighted by Gasteiger charge is -2.16. The molecule has 1 aliphatic heterocycles. The smallest absolute Gasteiger partial charge is 0.350 e. The van der Waals surface area contributed by atoms with Gasteiger partial charge in [0.2, 0.25) is 0 Å². The average Bonchev–Trinajstić information content (AvgIpc) is 3.22. The van der Waals surface area contributed by atoms with Crippen LogP contribution in [0, 0.1) is 0 Å². The van der Waals surface area contributed by atoms with Gasteiger partial charge in [0.1, 0.15) is 11.9 Å². The number of carbonyl (C=O) groups is 2. The Kier molecular flexibility index (Phi) is 6.67. The van der Waals surface area contributed by atoms with Crippen molar-refractivity contribution in [2.75, 3.05) is 11.9 Å². The van der Waals surface area contributed by atoms with Gasteiger partial charge in [-0.1, -0.05) is 36.4 Å². The van der Waals surface area contributed by atoms with E-state index in [4.69, 9.17) is 4.74 Å². The summed E-state index contributed by atoms with van der Waals surface area (Å²) in [5, 5.41) is 11.6. The van der Waals surface area contributed by atoms with Crippen LogP contribution >= 0.6 is 11.8 Å². The highest BCUT2D eigenvalue weighted by Crippen LogP contribution is 2.42. The number of aromatic nitrogens is 2. The molecule has 2 aromatic carbocycles. The van der Waals surface area contributed by atoms with Crippen molar-refractivity contribution in [3.63, 3.8) is 0 Å². The van der Waals surface area contributed by atoms with Crippen LogP contribution in [-0.4, -0.2) is 44.5 Å². The highest BCUT2D eigenvalue weighted by atomic mass is 32.2. The van der Waals surface area contributed by atoms with E-state index in [1.807, 2.05) is 0 Å². The van der Waals surface area contributed by atoms with E-state index in [1.165, 1.54) is 16.3 Å². The molecule has 1 aromatic heterocycles. The summed E-state index contributed by atoms with van der Waals surface area (Å²) in [7, 11) is 0. The molecule has 0 bridgehead atoms. The monoisotopic (exact) mass is 451 g/mol. The Morgan fingerprint density at radius 2 is 1.72 bits per heavy atom. The molecule has 1 amide bonds. The molecule has 0 spiro atoms. The molecule has 3 aromatic rings. The normalized spacial score (nSPS) is 20.0. The fourth-order valence-corrected chi connectivity index (χ4v) is 4.84. The topological polar surface area (TPSA) is 111 Å². The summed E-state index contributed by atoms with van der Waals surface area (Å²) in [6.07, 6.45) is 1.35. The fraction of sp³-hybridized carbons (Fsp3) is 0.217. The van der Waals surface area contributed by atoms with Crippen molar-refractivity contribution in [2.45, 2.75) is 23.1 Å². The van der Waals surface area contributed by atoms with Crippen molar-refractivity contribution in [1.82, 2.24) is 9.55 Å². The lowest BCUT2D eigenvalue weighted by Crippen LogP contribution is -2.28. The van der Waals surface area contributed by atoms with Gasteiger partial charge in [0.25, 0.3) is 5.91 Å². The molecular weight excluding hydrogens is 430 g/mol. The van der Waals surface area contributed by atoms with Crippen LogP contribution in [0.25, 0.3) is 0 Å². The van der Waals surface area contributed by atoms with Crippen LogP contribution in [0.2, 0.25) is 0 Å². The zero-order chi connectivity index (χ0) is 22.5. The number of esters is 1. The molecule has 32 heavy (non-hydrogen) atoms. The number of aliphatic hydroxyl groups excluding tert-OH is 1. The van der Waals surface area contributed by atoms with Gasteiger partial charge in [-0.05, 0) is 30.3 Å². The van der Waals surface area contributed by atoms with E-state index >= 15 is 0 Å². The Bertz CT molecular complexity index is 1150. The Morgan fingerprint density at radius 3 is 2.34 bits per heavy atom.